The second-order valence-electron chi connectivity index (χ2n) is 2.81. The van der Waals surface area contributed by atoms with Crippen molar-refractivity contribution in [2.45, 2.75) is 0 Å². The molecule has 5 nitrogen and oxygen atoms in total. The Morgan fingerprint density at radius 2 is 2.50 bits per heavy atom. The molecule has 0 saturated carbocycles. The summed E-state index contributed by atoms with van der Waals surface area (Å²) in [5.74, 6) is 1.15. The highest BCUT2D eigenvalue weighted by Crippen LogP contribution is 2.24. The molecule has 0 fully saturated rings. The molecular weight excluding hydrogens is 154 g/mol. The van der Waals surface area contributed by atoms with Gasteiger partial charge in [-0.15, -0.1) is 0 Å². The first-order valence-electron chi connectivity index (χ1n) is 3.85. The van der Waals surface area contributed by atoms with Crippen LogP contribution < -0.4 is 16.0 Å². The number of anilines is 3. The van der Waals surface area contributed by atoms with Crippen molar-refractivity contribution < 1.29 is 0 Å². The maximum absolute atomic E-state index is 5.45. The van der Waals surface area contributed by atoms with Crippen molar-refractivity contribution in [2.75, 3.05) is 36.1 Å². The van der Waals surface area contributed by atoms with Crippen molar-refractivity contribution in [3.05, 3.63) is 6.20 Å². The van der Waals surface area contributed by atoms with Crippen LogP contribution in [0.25, 0.3) is 0 Å². The molecule has 0 aliphatic carbocycles. The van der Waals surface area contributed by atoms with Crippen LogP contribution in [0.4, 0.5) is 17.5 Å². The lowest BCUT2D eigenvalue weighted by Crippen LogP contribution is -2.31. The number of fused-ring (bicyclic) bond motifs is 1. The summed E-state index contributed by atoms with van der Waals surface area (Å²) >= 11 is 0. The van der Waals surface area contributed by atoms with Gasteiger partial charge in [-0.2, -0.15) is 4.98 Å². The first kappa shape index (κ1) is 7.15. The van der Waals surface area contributed by atoms with Gasteiger partial charge in [0.25, 0.3) is 0 Å². The fraction of sp³-hybridized carbons (Fsp3) is 0.429. The molecule has 12 heavy (non-hydrogen) atoms. The van der Waals surface area contributed by atoms with E-state index in [1.165, 1.54) is 0 Å². The summed E-state index contributed by atoms with van der Waals surface area (Å²) in [7, 11) is 2.01. The van der Waals surface area contributed by atoms with Gasteiger partial charge in [0.2, 0.25) is 5.95 Å². The predicted molar refractivity (Wildman–Crippen MR) is 48.2 cm³/mol. The zero-order valence-electron chi connectivity index (χ0n) is 6.91. The van der Waals surface area contributed by atoms with E-state index in [1.54, 1.807) is 6.20 Å². The minimum absolute atomic E-state index is 0.316. The van der Waals surface area contributed by atoms with Gasteiger partial charge in [0, 0.05) is 20.1 Å². The molecule has 1 aliphatic heterocycles. The maximum Gasteiger partial charge on any atom is 0.222 e. The number of hydrogen-bond acceptors (Lipinski definition) is 5. The lowest BCUT2D eigenvalue weighted by atomic mass is 10.3. The van der Waals surface area contributed by atoms with Crippen molar-refractivity contribution in [1.82, 2.24) is 9.97 Å². The molecule has 1 aromatic rings. The molecule has 0 atom stereocenters. The molecule has 0 bridgehead atoms. The van der Waals surface area contributed by atoms with Crippen LogP contribution in [-0.2, 0) is 0 Å². The molecule has 3 N–H and O–H groups in total. The second-order valence-corrected chi connectivity index (χ2v) is 2.81. The number of nitrogens with zero attached hydrogens (tertiary/aromatic N) is 3. The number of nitrogen functional groups attached to an aromatic ring is 1. The van der Waals surface area contributed by atoms with E-state index in [-0.39, 0.29) is 0 Å². The Morgan fingerprint density at radius 3 is 3.33 bits per heavy atom. The molecule has 0 spiro atoms. The number of aromatic nitrogens is 2. The van der Waals surface area contributed by atoms with E-state index in [0.717, 1.165) is 24.6 Å². The molecule has 0 unspecified atom stereocenters. The Hall–Kier alpha value is -1.52. The van der Waals surface area contributed by atoms with Gasteiger partial charge in [-0.05, 0) is 0 Å². The van der Waals surface area contributed by atoms with E-state index in [2.05, 4.69) is 20.2 Å². The molecular formula is C7H11N5. The second kappa shape index (κ2) is 2.51. The Bertz CT molecular complexity index is 298. The highest BCUT2D eigenvalue weighted by atomic mass is 15.2. The number of hydrogen-bond donors (Lipinski definition) is 2. The maximum atomic E-state index is 5.45. The lowest BCUT2D eigenvalue weighted by Gasteiger charge is -2.26. The van der Waals surface area contributed by atoms with Crippen LogP contribution in [0.15, 0.2) is 6.20 Å². The zero-order chi connectivity index (χ0) is 8.55. The standard InChI is InChI=1S/C7H11N5/c1-12-3-2-9-6-5(12)4-10-7(8)11-6/h4H,2-3H2,1H3,(H3,8,9,10,11). The number of nitrogens with one attached hydrogen (secondary N) is 1. The molecule has 0 radical (unpaired) electrons. The summed E-state index contributed by atoms with van der Waals surface area (Å²) in [6.07, 6.45) is 1.74. The van der Waals surface area contributed by atoms with E-state index in [1.807, 2.05) is 7.05 Å². The topological polar surface area (TPSA) is 67.1 Å². The Morgan fingerprint density at radius 1 is 1.67 bits per heavy atom. The van der Waals surface area contributed by atoms with Crippen LogP contribution in [0.2, 0.25) is 0 Å². The normalized spacial score (nSPS) is 15.2. The minimum atomic E-state index is 0.316. The van der Waals surface area contributed by atoms with Crippen molar-refractivity contribution in [3.8, 4) is 0 Å². The molecule has 5 heteroatoms. The summed E-state index contributed by atoms with van der Waals surface area (Å²) in [6, 6.07) is 0. The van der Waals surface area contributed by atoms with Gasteiger partial charge in [0.1, 0.15) is 0 Å². The van der Waals surface area contributed by atoms with E-state index in [4.69, 9.17) is 5.73 Å². The molecule has 1 aliphatic rings. The summed E-state index contributed by atoms with van der Waals surface area (Å²) < 4.78 is 0. The van der Waals surface area contributed by atoms with Gasteiger partial charge in [-0.3, -0.25) is 0 Å². The van der Waals surface area contributed by atoms with Crippen molar-refractivity contribution >= 4 is 17.5 Å². The third kappa shape index (κ3) is 1.03. The van der Waals surface area contributed by atoms with Gasteiger partial charge in [0.05, 0.1) is 11.9 Å². The molecule has 2 heterocycles. The number of nitrogens with two attached hydrogens (primary N) is 1. The molecule has 64 valence electrons. The Balaban J connectivity index is 2.46. The van der Waals surface area contributed by atoms with Gasteiger partial charge < -0.3 is 16.0 Å². The number of likely N-dealkylation sites (N-methyl/N-ethyl adjacent to an activating group) is 1. The first-order chi connectivity index (χ1) is 5.77. The SMILES string of the molecule is CN1CCNc2nc(N)ncc21. The smallest absolute Gasteiger partial charge is 0.222 e. The fourth-order valence-corrected chi connectivity index (χ4v) is 1.26. The third-order valence-electron chi connectivity index (χ3n) is 1.94. The van der Waals surface area contributed by atoms with E-state index < -0.39 is 0 Å². The van der Waals surface area contributed by atoms with E-state index in [9.17, 15) is 0 Å². The molecule has 0 saturated heterocycles. The Kier molecular flexibility index (Phi) is 1.49. The van der Waals surface area contributed by atoms with Gasteiger partial charge in [-0.1, -0.05) is 0 Å². The minimum Gasteiger partial charge on any atom is -0.369 e. The third-order valence-corrected chi connectivity index (χ3v) is 1.94. The van der Waals surface area contributed by atoms with E-state index >= 15 is 0 Å². The van der Waals surface area contributed by atoms with E-state index in [0.29, 0.717) is 5.95 Å². The zero-order valence-corrected chi connectivity index (χ0v) is 6.91. The summed E-state index contributed by atoms with van der Waals surface area (Å²) in [4.78, 5) is 10.1. The van der Waals surface area contributed by atoms with Crippen LogP contribution in [0.5, 0.6) is 0 Å². The average Bonchev–Trinajstić information content (AvgIpc) is 2.04. The van der Waals surface area contributed by atoms with Crippen molar-refractivity contribution in [1.29, 1.82) is 0 Å². The highest BCUT2D eigenvalue weighted by Gasteiger charge is 2.14. The lowest BCUT2D eigenvalue weighted by molar-refractivity contribution is 0.867. The average molecular weight is 165 g/mol. The van der Waals surface area contributed by atoms with Gasteiger partial charge in [0.15, 0.2) is 5.82 Å². The van der Waals surface area contributed by atoms with Crippen molar-refractivity contribution in [2.24, 2.45) is 0 Å². The summed E-state index contributed by atoms with van der Waals surface area (Å²) in [5, 5.41) is 3.16. The molecule has 1 aromatic heterocycles. The van der Waals surface area contributed by atoms with Crippen LogP contribution in [0.3, 0.4) is 0 Å². The highest BCUT2D eigenvalue weighted by molar-refractivity contribution is 5.67. The molecule has 0 amide bonds. The predicted octanol–water partition coefficient (Wildman–Crippen LogP) is -0.0795. The Labute approximate surface area is 70.6 Å². The van der Waals surface area contributed by atoms with Crippen molar-refractivity contribution in [3.63, 3.8) is 0 Å². The quantitative estimate of drug-likeness (QED) is 0.563. The first-order valence-corrected chi connectivity index (χ1v) is 3.85. The molecule has 2 rings (SSSR count). The van der Waals surface area contributed by atoms with Crippen LogP contribution in [0, 0.1) is 0 Å². The molecule has 0 aromatic carbocycles. The monoisotopic (exact) mass is 165 g/mol. The van der Waals surface area contributed by atoms with Crippen LogP contribution in [-0.4, -0.2) is 30.1 Å². The van der Waals surface area contributed by atoms with Crippen LogP contribution >= 0.6 is 0 Å². The van der Waals surface area contributed by atoms with Crippen LogP contribution in [0.1, 0.15) is 0 Å². The van der Waals surface area contributed by atoms with Gasteiger partial charge in [-0.25, -0.2) is 4.98 Å². The van der Waals surface area contributed by atoms with Gasteiger partial charge >= 0.3 is 0 Å². The largest absolute Gasteiger partial charge is 0.369 e. The fourth-order valence-electron chi connectivity index (χ4n) is 1.26. The summed E-state index contributed by atoms with van der Waals surface area (Å²) in [6.45, 7) is 1.88. The summed E-state index contributed by atoms with van der Waals surface area (Å²) in [5.41, 5.74) is 6.46. The number of rotatable bonds is 0.